The van der Waals surface area contributed by atoms with E-state index in [1.807, 2.05) is 11.8 Å². The van der Waals surface area contributed by atoms with Crippen molar-refractivity contribution in [3.8, 4) is 0 Å². The molecule has 1 amide bonds. The van der Waals surface area contributed by atoms with Crippen LogP contribution in [0.2, 0.25) is 0 Å². The van der Waals surface area contributed by atoms with Crippen LogP contribution in [0.3, 0.4) is 0 Å². The van der Waals surface area contributed by atoms with Crippen LogP contribution in [-0.2, 0) is 4.79 Å². The molecule has 2 fully saturated rings. The fourth-order valence-electron chi connectivity index (χ4n) is 3.40. The van der Waals surface area contributed by atoms with Gasteiger partial charge < -0.3 is 4.90 Å². The predicted molar refractivity (Wildman–Crippen MR) is 82.3 cm³/mol. The summed E-state index contributed by atoms with van der Waals surface area (Å²) in [5.74, 6) is 2.30. The lowest BCUT2D eigenvalue weighted by atomic mass is 10.0. The molecule has 2 rings (SSSR count). The summed E-state index contributed by atoms with van der Waals surface area (Å²) in [6, 6.07) is 0. The number of nitrogens with one attached hydrogen (secondary N) is 1. The molecule has 1 aliphatic heterocycles. The largest absolute Gasteiger partial charge is 0.326 e. The molecule has 19 heavy (non-hydrogen) atoms. The molecule has 1 atom stereocenters. The first kappa shape index (κ1) is 15.2. The maximum Gasteiger partial charge on any atom is 0.237 e. The highest BCUT2D eigenvalue weighted by atomic mass is 32.2. The molecule has 1 heterocycles. The van der Waals surface area contributed by atoms with Gasteiger partial charge in [-0.3, -0.25) is 10.1 Å². The molecule has 1 N–H and O–H groups in total. The molecule has 4 heteroatoms. The highest BCUT2D eigenvalue weighted by Gasteiger charge is 2.36. The number of thioether (sulfide) groups is 1. The first-order valence-corrected chi connectivity index (χ1v) is 9.24. The molecular weight excluding hydrogens is 256 g/mol. The maximum absolute atomic E-state index is 12.0. The molecule has 1 aliphatic carbocycles. The number of hydrogen-bond donors (Lipinski definition) is 1. The van der Waals surface area contributed by atoms with Gasteiger partial charge in [-0.05, 0) is 43.6 Å². The Balaban J connectivity index is 1.68. The third-order valence-electron chi connectivity index (χ3n) is 4.46. The molecule has 0 aromatic heterocycles. The Morgan fingerprint density at radius 1 is 1.21 bits per heavy atom. The lowest BCUT2D eigenvalue weighted by molar-refractivity contribution is -0.128. The Kier molecular flexibility index (Phi) is 6.51. The monoisotopic (exact) mass is 284 g/mol. The smallest absolute Gasteiger partial charge is 0.237 e. The minimum absolute atomic E-state index is 0.320. The Bertz CT molecular complexity index is 279. The third kappa shape index (κ3) is 4.38. The van der Waals surface area contributed by atoms with Gasteiger partial charge in [0.25, 0.3) is 0 Å². The zero-order chi connectivity index (χ0) is 13.5. The van der Waals surface area contributed by atoms with Gasteiger partial charge in [-0.25, -0.2) is 0 Å². The second-order valence-electron chi connectivity index (χ2n) is 5.86. The Hall–Kier alpha value is -0.220. The van der Waals surface area contributed by atoms with E-state index in [0.29, 0.717) is 24.5 Å². The first-order chi connectivity index (χ1) is 9.33. The van der Waals surface area contributed by atoms with Gasteiger partial charge in [0.2, 0.25) is 5.91 Å². The predicted octanol–water partition coefficient (Wildman–Crippen LogP) is 2.86. The minimum Gasteiger partial charge on any atom is -0.326 e. The quantitative estimate of drug-likeness (QED) is 0.696. The summed E-state index contributed by atoms with van der Waals surface area (Å²) in [7, 11) is 0. The molecule has 1 saturated carbocycles. The summed E-state index contributed by atoms with van der Waals surface area (Å²) in [4.78, 5) is 14.1. The molecule has 0 aromatic carbocycles. The number of hydrogen-bond acceptors (Lipinski definition) is 3. The van der Waals surface area contributed by atoms with Crippen LogP contribution in [0.25, 0.3) is 0 Å². The SMILES string of the molecule is CSCCCCCCN1C(=O)CNC1C1CCCC1. The number of carbonyl (C=O) groups is 1. The molecule has 0 radical (unpaired) electrons. The van der Waals surface area contributed by atoms with E-state index >= 15 is 0 Å². The standard InChI is InChI=1S/C15H28N2OS/c1-19-11-7-3-2-6-10-17-14(18)12-16-15(17)13-8-4-5-9-13/h13,15-16H,2-12H2,1H3. The number of carbonyl (C=O) groups excluding carboxylic acids is 1. The number of nitrogens with zero attached hydrogens (tertiary/aromatic N) is 1. The van der Waals surface area contributed by atoms with E-state index in [1.165, 1.54) is 57.1 Å². The van der Waals surface area contributed by atoms with Crippen molar-refractivity contribution in [2.24, 2.45) is 5.92 Å². The molecule has 1 unspecified atom stereocenters. The van der Waals surface area contributed by atoms with Gasteiger partial charge in [-0.2, -0.15) is 11.8 Å². The Morgan fingerprint density at radius 3 is 2.68 bits per heavy atom. The van der Waals surface area contributed by atoms with E-state index in [1.54, 1.807) is 0 Å². The van der Waals surface area contributed by atoms with E-state index in [-0.39, 0.29) is 0 Å². The van der Waals surface area contributed by atoms with Gasteiger partial charge in [0.1, 0.15) is 0 Å². The zero-order valence-electron chi connectivity index (χ0n) is 12.2. The van der Waals surface area contributed by atoms with Crippen LogP contribution in [0, 0.1) is 5.92 Å². The van der Waals surface area contributed by atoms with Gasteiger partial charge in [0.05, 0.1) is 12.7 Å². The van der Waals surface area contributed by atoms with Gasteiger partial charge >= 0.3 is 0 Å². The molecule has 0 spiro atoms. The average molecular weight is 284 g/mol. The lowest BCUT2D eigenvalue weighted by Gasteiger charge is -2.29. The summed E-state index contributed by atoms with van der Waals surface area (Å²) in [5, 5.41) is 3.43. The third-order valence-corrected chi connectivity index (χ3v) is 5.16. The first-order valence-electron chi connectivity index (χ1n) is 7.84. The van der Waals surface area contributed by atoms with Crippen LogP contribution in [0.4, 0.5) is 0 Å². The molecule has 110 valence electrons. The normalized spacial score (nSPS) is 24.6. The van der Waals surface area contributed by atoms with Crippen molar-refractivity contribution >= 4 is 17.7 Å². The molecule has 2 aliphatic rings. The topological polar surface area (TPSA) is 32.3 Å². The van der Waals surface area contributed by atoms with E-state index in [0.717, 1.165) is 6.54 Å². The maximum atomic E-state index is 12.0. The number of amides is 1. The fourth-order valence-corrected chi connectivity index (χ4v) is 3.89. The summed E-state index contributed by atoms with van der Waals surface area (Å²) >= 11 is 1.93. The molecule has 3 nitrogen and oxygen atoms in total. The van der Waals surface area contributed by atoms with E-state index in [4.69, 9.17) is 0 Å². The Labute approximate surface area is 121 Å². The molecule has 0 aromatic rings. The van der Waals surface area contributed by atoms with Crippen molar-refractivity contribution in [2.75, 3.05) is 25.1 Å². The van der Waals surface area contributed by atoms with Crippen LogP contribution in [-0.4, -0.2) is 42.1 Å². The van der Waals surface area contributed by atoms with Gasteiger partial charge in [-0.15, -0.1) is 0 Å². The van der Waals surface area contributed by atoms with E-state index < -0.39 is 0 Å². The van der Waals surface area contributed by atoms with Crippen molar-refractivity contribution in [2.45, 2.75) is 57.5 Å². The highest BCUT2D eigenvalue weighted by molar-refractivity contribution is 7.98. The molecular formula is C15H28N2OS. The van der Waals surface area contributed by atoms with Crippen molar-refractivity contribution in [3.63, 3.8) is 0 Å². The van der Waals surface area contributed by atoms with E-state index in [9.17, 15) is 4.79 Å². The lowest BCUT2D eigenvalue weighted by Crippen LogP contribution is -2.42. The van der Waals surface area contributed by atoms with E-state index in [2.05, 4.69) is 16.5 Å². The highest BCUT2D eigenvalue weighted by Crippen LogP contribution is 2.30. The van der Waals surface area contributed by atoms with Crippen LogP contribution < -0.4 is 5.32 Å². The average Bonchev–Trinajstić information content (AvgIpc) is 3.04. The fraction of sp³-hybridized carbons (Fsp3) is 0.933. The summed E-state index contributed by atoms with van der Waals surface area (Å²) in [6.07, 6.45) is 12.9. The second kappa shape index (κ2) is 8.15. The minimum atomic E-state index is 0.320. The second-order valence-corrected chi connectivity index (χ2v) is 6.85. The van der Waals surface area contributed by atoms with Crippen LogP contribution in [0.1, 0.15) is 51.4 Å². The van der Waals surface area contributed by atoms with Crippen LogP contribution in [0.5, 0.6) is 0 Å². The van der Waals surface area contributed by atoms with Crippen LogP contribution >= 0.6 is 11.8 Å². The van der Waals surface area contributed by atoms with Gasteiger partial charge in [0.15, 0.2) is 0 Å². The summed E-state index contributed by atoms with van der Waals surface area (Å²) in [5.41, 5.74) is 0. The van der Waals surface area contributed by atoms with Crippen LogP contribution in [0.15, 0.2) is 0 Å². The van der Waals surface area contributed by atoms with Gasteiger partial charge in [-0.1, -0.05) is 25.7 Å². The molecule has 1 saturated heterocycles. The van der Waals surface area contributed by atoms with Crippen molar-refractivity contribution in [3.05, 3.63) is 0 Å². The van der Waals surface area contributed by atoms with Crippen molar-refractivity contribution in [1.82, 2.24) is 10.2 Å². The molecule has 0 bridgehead atoms. The van der Waals surface area contributed by atoms with Crippen molar-refractivity contribution in [1.29, 1.82) is 0 Å². The summed E-state index contributed by atoms with van der Waals surface area (Å²) < 4.78 is 0. The van der Waals surface area contributed by atoms with Crippen molar-refractivity contribution < 1.29 is 4.79 Å². The Morgan fingerprint density at radius 2 is 1.95 bits per heavy atom. The number of rotatable bonds is 8. The van der Waals surface area contributed by atoms with Gasteiger partial charge in [0, 0.05) is 6.54 Å². The summed E-state index contributed by atoms with van der Waals surface area (Å²) in [6.45, 7) is 1.53. The zero-order valence-corrected chi connectivity index (χ0v) is 13.0. The number of unbranched alkanes of at least 4 members (excludes halogenated alkanes) is 3.